The smallest absolute Gasteiger partial charge is 0.299 e. The average molecular weight is 424 g/mol. The van der Waals surface area contributed by atoms with Crippen LogP contribution in [0.1, 0.15) is 60.1 Å². The van der Waals surface area contributed by atoms with Crippen LogP contribution in [-0.4, -0.2) is 52.7 Å². The van der Waals surface area contributed by atoms with Gasteiger partial charge < -0.3 is 10.5 Å². The first-order chi connectivity index (χ1) is 14.9. The van der Waals surface area contributed by atoms with Gasteiger partial charge in [0.1, 0.15) is 5.84 Å². The van der Waals surface area contributed by atoms with E-state index < -0.39 is 0 Å². The molecule has 0 spiro atoms. The molecule has 0 saturated carbocycles. The van der Waals surface area contributed by atoms with Crippen molar-refractivity contribution in [3.05, 3.63) is 52.3 Å². The van der Waals surface area contributed by atoms with Crippen molar-refractivity contribution in [3.8, 4) is 0 Å². The number of carbonyl (C=O) groups excluding carboxylic acids is 1. The zero-order valence-corrected chi connectivity index (χ0v) is 18.9. The molecule has 1 aromatic heterocycles. The van der Waals surface area contributed by atoms with Crippen LogP contribution in [0, 0.1) is 5.41 Å². The van der Waals surface area contributed by atoms with Crippen LogP contribution in [-0.2, 0) is 30.7 Å². The maximum Gasteiger partial charge on any atom is 0.299 e. The normalized spacial score (nSPS) is 19.3. The Labute approximate surface area is 184 Å². The fourth-order valence-corrected chi connectivity index (χ4v) is 4.46. The number of ether oxygens (including phenoxy) is 1. The van der Waals surface area contributed by atoms with E-state index in [1.807, 2.05) is 28.9 Å². The Hall–Kier alpha value is -2.51. The minimum absolute atomic E-state index is 0.228. The zero-order valence-electron chi connectivity index (χ0n) is 18.9. The van der Waals surface area contributed by atoms with Crippen molar-refractivity contribution in [3.63, 3.8) is 0 Å². The molecule has 2 aromatic rings. The summed E-state index contributed by atoms with van der Waals surface area (Å²) in [6.45, 7) is 11.7. The van der Waals surface area contributed by atoms with E-state index in [2.05, 4.69) is 35.8 Å². The molecular formula is C24H33N5O2. The van der Waals surface area contributed by atoms with Crippen molar-refractivity contribution in [1.29, 1.82) is 0 Å². The highest BCUT2D eigenvalue weighted by Crippen LogP contribution is 2.36. The van der Waals surface area contributed by atoms with Gasteiger partial charge >= 0.3 is 0 Å². The van der Waals surface area contributed by atoms with Gasteiger partial charge in [0.2, 0.25) is 0 Å². The average Bonchev–Trinajstić information content (AvgIpc) is 3.11. The van der Waals surface area contributed by atoms with Crippen molar-refractivity contribution >= 4 is 11.7 Å². The lowest BCUT2D eigenvalue weighted by molar-refractivity contribution is 0.0342. The highest BCUT2D eigenvalue weighted by atomic mass is 16.5. The number of aliphatic imine (C=N–C) groups is 1. The molecule has 4 rings (SSSR count). The molecule has 31 heavy (non-hydrogen) atoms. The largest absolute Gasteiger partial charge is 0.383 e. The van der Waals surface area contributed by atoms with Gasteiger partial charge in [-0.05, 0) is 37.2 Å². The number of aromatic nitrogens is 2. The molecule has 7 heteroatoms. The maximum atomic E-state index is 13.0. The van der Waals surface area contributed by atoms with Gasteiger partial charge in [-0.2, -0.15) is 10.1 Å². The number of hydrogen-bond acceptors (Lipinski definition) is 4. The highest BCUT2D eigenvalue weighted by molar-refractivity contribution is 6.08. The van der Waals surface area contributed by atoms with Crippen molar-refractivity contribution in [2.24, 2.45) is 16.1 Å². The second-order valence-corrected chi connectivity index (χ2v) is 9.32. The summed E-state index contributed by atoms with van der Waals surface area (Å²) < 4.78 is 7.36. The lowest BCUT2D eigenvalue weighted by Gasteiger charge is -2.30. The summed E-state index contributed by atoms with van der Waals surface area (Å²) in [5.41, 5.74) is 11.1. The molecule has 1 aliphatic carbocycles. The molecule has 1 amide bonds. The fraction of sp³-hybridized carbons (Fsp3) is 0.542. The monoisotopic (exact) mass is 423 g/mol. The lowest BCUT2D eigenvalue weighted by atomic mass is 9.76. The Morgan fingerprint density at radius 3 is 2.61 bits per heavy atom. The van der Waals surface area contributed by atoms with E-state index in [1.165, 1.54) is 11.3 Å². The van der Waals surface area contributed by atoms with Gasteiger partial charge in [-0.25, -0.2) is 0 Å². The van der Waals surface area contributed by atoms with Crippen molar-refractivity contribution in [2.45, 2.75) is 53.1 Å². The van der Waals surface area contributed by atoms with E-state index in [0.29, 0.717) is 5.69 Å². The van der Waals surface area contributed by atoms with Gasteiger partial charge in [-0.15, -0.1) is 0 Å². The zero-order chi connectivity index (χ0) is 22.0. The minimum atomic E-state index is -0.349. The quantitative estimate of drug-likeness (QED) is 0.590. The van der Waals surface area contributed by atoms with Crippen LogP contribution < -0.4 is 5.73 Å². The Balaban J connectivity index is 1.50. The fourth-order valence-electron chi connectivity index (χ4n) is 4.46. The summed E-state index contributed by atoms with van der Waals surface area (Å²) in [7, 11) is 0. The molecule has 1 saturated heterocycles. The molecule has 0 bridgehead atoms. The number of rotatable bonds is 5. The molecule has 166 valence electrons. The summed E-state index contributed by atoms with van der Waals surface area (Å²) in [6.07, 6.45) is 2.83. The van der Waals surface area contributed by atoms with E-state index in [9.17, 15) is 4.79 Å². The highest BCUT2D eigenvalue weighted by Gasteiger charge is 2.32. The number of hydrogen-bond donors (Lipinski definition) is 1. The van der Waals surface area contributed by atoms with Crippen LogP contribution in [0.5, 0.6) is 0 Å². The number of fused-ring (bicyclic) bond motifs is 1. The molecular weight excluding hydrogens is 390 g/mol. The van der Waals surface area contributed by atoms with Crippen LogP contribution in [0.2, 0.25) is 0 Å². The number of nitrogens with two attached hydrogens (primary N) is 1. The third-order valence-corrected chi connectivity index (χ3v) is 6.35. The SMILES string of the molecule is CCn1nc(C(=O)N=C(N)c2ccc(CN3CCOCC3)cc2)c2c1CC(C)(C)CC2. The van der Waals surface area contributed by atoms with Gasteiger partial charge in [0, 0.05) is 43.0 Å². The maximum absolute atomic E-state index is 13.0. The summed E-state index contributed by atoms with van der Waals surface area (Å²) in [5, 5.41) is 4.59. The number of morpholine rings is 1. The number of aryl methyl sites for hydroxylation is 1. The van der Waals surface area contributed by atoms with Gasteiger partial charge in [-0.3, -0.25) is 14.4 Å². The van der Waals surface area contributed by atoms with Gasteiger partial charge in [0.25, 0.3) is 5.91 Å². The van der Waals surface area contributed by atoms with Crippen molar-refractivity contribution in [2.75, 3.05) is 26.3 Å². The first kappa shape index (κ1) is 21.7. The Morgan fingerprint density at radius 1 is 1.23 bits per heavy atom. The molecule has 2 N–H and O–H groups in total. The summed E-state index contributed by atoms with van der Waals surface area (Å²) >= 11 is 0. The molecule has 1 aromatic carbocycles. The van der Waals surface area contributed by atoms with Crippen molar-refractivity contribution in [1.82, 2.24) is 14.7 Å². The number of nitrogens with zero attached hydrogens (tertiary/aromatic N) is 4. The molecule has 1 aliphatic heterocycles. The molecule has 0 atom stereocenters. The minimum Gasteiger partial charge on any atom is -0.383 e. The van der Waals surface area contributed by atoms with E-state index in [0.717, 1.165) is 69.8 Å². The molecule has 1 fully saturated rings. The topological polar surface area (TPSA) is 85.7 Å². The summed E-state index contributed by atoms with van der Waals surface area (Å²) in [5.74, 6) is -0.114. The first-order valence-corrected chi connectivity index (χ1v) is 11.2. The molecule has 0 unspecified atom stereocenters. The van der Waals surface area contributed by atoms with Gasteiger partial charge in [0.05, 0.1) is 13.2 Å². The Bertz CT molecular complexity index is 969. The van der Waals surface area contributed by atoms with E-state index in [-0.39, 0.29) is 17.2 Å². The molecule has 2 aliphatic rings. The van der Waals surface area contributed by atoms with E-state index in [1.54, 1.807) is 0 Å². The summed E-state index contributed by atoms with van der Waals surface area (Å²) in [6, 6.07) is 7.97. The molecule has 0 radical (unpaired) electrons. The van der Waals surface area contributed by atoms with Gasteiger partial charge in [-0.1, -0.05) is 38.1 Å². The molecule has 7 nitrogen and oxygen atoms in total. The Morgan fingerprint density at radius 2 is 1.94 bits per heavy atom. The van der Waals surface area contributed by atoms with Crippen LogP contribution in [0.3, 0.4) is 0 Å². The lowest BCUT2D eigenvalue weighted by Crippen LogP contribution is -2.35. The number of carbonyl (C=O) groups is 1. The molecule has 2 heterocycles. The predicted molar refractivity (Wildman–Crippen MR) is 121 cm³/mol. The number of amidine groups is 1. The standard InChI is InChI=1S/C24H33N5O2/c1-4-29-20-15-24(2,3)10-9-19(20)21(27-29)23(30)26-22(25)18-7-5-17(6-8-18)16-28-11-13-31-14-12-28/h5-8H,4,9-16H2,1-3H3,(H2,25,26,30). The second kappa shape index (κ2) is 8.93. The van der Waals surface area contributed by atoms with E-state index >= 15 is 0 Å². The first-order valence-electron chi connectivity index (χ1n) is 11.2. The van der Waals surface area contributed by atoms with Crippen LogP contribution in [0.4, 0.5) is 0 Å². The second-order valence-electron chi connectivity index (χ2n) is 9.32. The third-order valence-electron chi connectivity index (χ3n) is 6.35. The van der Waals surface area contributed by atoms with Crippen molar-refractivity contribution < 1.29 is 9.53 Å². The number of amides is 1. The van der Waals surface area contributed by atoms with E-state index in [4.69, 9.17) is 10.5 Å². The van der Waals surface area contributed by atoms with Crippen LogP contribution in [0.15, 0.2) is 29.3 Å². The third kappa shape index (κ3) is 4.88. The number of benzene rings is 1. The van der Waals surface area contributed by atoms with Crippen LogP contribution in [0.25, 0.3) is 0 Å². The van der Waals surface area contributed by atoms with Gasteiger partial charge in [0.15, 0.2) is 5.69 Å². The Kier molecular flexibility index (Phi) is 6.25. The van der Waals surface area contributed by atoms with Crippen LogP contribution >= 0.6 is 0 Å². The predicted octanol–water partition coefficient (Wildman–Crippen LogP) is 2.80. The summed E-state index contributed by atoms with van der Waals surface area (Å²) in [4.78, 5) is 19.5.